The van der Waals surface area contributed by atoms with E-state index in [2.05, 4.69) is 34.6 Å². The Kier molecular flexibility index (Phi) is 8.50. The summed E-state index contributed by atoms with van der Waals surface area (Å²) in [6.45, 7) is 13.2. The van der Waals surface area contributed by atoms with E-state index in [0.29, 0.717) is 36.5 Å². The molecule has 5 rings (SSSR count). The van der Waals surface area contributed by atoms with Crippen molar-refractivity contribution < 1.29 is 46.8 Å². The zero-order chi connectivity index (χ0) is 31.4. The third kappa shape index (κ3) is 5.09. The lowest BCUT2D eigenvalue weighted by Crippen LogP contribution is -2.66. The molecule has 244 valence electrons. The van der Waals surface area contributed by atoms with Crippen LogP contribution in [-0.4, -0.2) is 70.0 Å². The quantitative estimate of drug-likeness (QED) is 0.202. The Balaban J connectivity index is 1.59. The van der Waals surface area contributed by atoms with Crippen molar-refractivity contribution in [2.75, 3.05) is 12.9 Å². The van der Waals surface area contributed by atoms with Gasteiger partial charge in [-0.2, -0.15) is 8.42 Å². The number of phosphoric ester groups is 1. The largest absolute Gasteiger partial charge is 0.472 e. The van der Waals surface area contributed by atoms with Crippen LogP contribution < -0.4 is 0 Å². The number of fused-ring (bicyclic) bond motifs is 7. The van der Waals surface area contributed by atoms with Crippen LogP contribution in [-0.2, 0) is 23.7 Å². The van der Waals surface area contributed by atoms with E-state index in [0.717, 1.165) is 26.4 Å². The van der Waals surface area contributed by atoms with Crippen molar-refractivity contribution in [3.8, 4) is 0 Å². The Bertz CT molecular complexity index is 1200. The summed E-state index contributed by atoms with van der Waals surface area (Å²) in [5.74, 6) is -1.03. The topological polar surface area (TPSA) is 171 Å². The Morgan fingerprint density at radius 1 is 1.00 bits per heavy atom. The molecular weight excluding hydrogens is 583 g/mol. The van der Waals surface area contributed by atoms with E-state index in [4.69, 9.17) is 9.05 Å². The van der Waals surface area contributed by atoms with Gasteiger partial charge in [0, 0.05) is 13.0 Å². The smallest absolute Gasteiger partial charge is 0.390 e. The van der Waals surface area contributed by atoms with Gasteiger partial charge in [0.1, 0.15) is 5.75 Å². The van der Waals surface area contributed by atoms with Crippen LogP contribution >= 0.6 is 7.82 Å². The molecule has 0 amide bonds. The average Bonchev–Trinajstić information content (AvgIpc) is 3.28. The predicted molar refractivity (Wildman–Crippen MR) is 157 cm³/mol. The predicted octanol–water partition coefficient (Wildman–Crippen LogP) is 4.12. The number of hydrogen-bond donors (Lipinski definition) is 5. The van der Waals surface area contributed by atoms with Gasteiger partial charge >= 0.3 is 7.82 Å². The molecule has 5 aliphatic carbocycles. The molecule has 5 saturated carbocycles. The van der Waals surface area contributed by atoms with Gasteiger partial charge < -0.3 is 20.2 Å². The second-order valence-electron chi connectivity index (χ2n) is 15.8. The van der Waals surface area contributed by atoms with Crippen molar-refractivity contribution in [2.24, 2.45) is 70.0 Å². The second kappa shape index (κ2) is 10.7. The first kappa shape index (κ1) is 33.3. The molecule has 0 aromatic heterocycles. The molecule has 5 fully saturated rings. The van der Waals surface area contributed by atoms with Crippen LogP contribution in [0.25, 0.3) is 0 Å². The first-order chi connectivity index (χ1) is 19.2. The van der Waals surface area contributed by atoms with E-state index in [-0.39, 0.29) is 35.5 Å². The lowest BCUT2D eigenvalue weighted by molar-refractivity contribution is -0.227. The summed E-state index contributed by atoms with van der Waals surface area (Å²) < 4.78 is 57.6. The van der Waals surface area contributed by atoms with Crippen molar-refractivity contribution >= 4 is 17.9 Å². The van der Waals surface area contributed by atoms with Gasteiger partial charge in [-0.05, 0) is 103 Å². The molecule has 10 nitrogen and oxygen atoms in total. The molecule has 0 aromatic carbocycles. The Hall–Kier alpha value is -0.100. The molecule has 12 heteroatoms. The fraction of sp³-hybridized carbons (Fsp3) is 1.00. The molecule has 0 aliphatic heterocycles. The highest BCUT2D eigenvalue weighted by Crippen LogP contribution is 2.74. The third-order valence-corrected chi connectivity index (χ3v) is 15.4. The summed E-state index contributed by atoms with van der Waals surface area (Å²) >= 11 is 0. The maximum Gasteiger partial charge on any atom is 0.472 e. The van der Waals surface area contributed by atoms with E-state index >= 15 is 0 Å². The molecule has 0 radical (unpaired) electrons. The van der Waals surface area contributed by atoms with Crippen LogP contribution in [0.15, 0.2) is 0 Å². The Morgan fingerprint density at radius 2 is 1.64 bits per heavy atom. The van der Waals surface area contributed by atoms with Crippen LogP contribution in [0.3, 0.4) is 0 Å². The van der Waals surface area contributed by atoms with Crippen molar-refractivity contribution in [2.45, 2.75) is 104 Å². The summed E-state index contributed by atoms with van der Waals surface area (Å²) in [6, 6.07) is 0. The zero-order valence-corrected chi connectivity index (χ0v) is 27.8. The Morgan fingerprint density at radius 3 is 2.21 bits per heavy atom. The lowest BCUT2D eigenvalue weighted by atomic mass is 9.45. The second-order valence-corrected chi connectivity index (χ2v) is 18.7. The number of aliphatic hydroxyl groups is 3. The molecule has 16 atom stereocenters. The van der Waals surface area contributed by atoms with Gasteiger partial charge in [0.15, 0.2) is 0 Å². The maximum atomic E-state index is 13.1. The van der Waals surface area contributed by atoms with Gasteiger partial charge in [0.05, 0.1) is 23.9 Å². The van der Waals surface area contributed by atoms with Gasteiger partial charge in [-0.3, -0.25) is 13.6 Å². The number of rotatable bonds is 7. The highest BCUT2D eigenvalue weighted by molar-refractivity contribution is 7.85. The summed E-state index contributed by atoms with van der Waals surface area (Å²) in [4.78, 5) is 10.7. The normalized spacial score (nSPS) is 52.6. The molecule has 5 N–H and O–H groups in total. The average molecular weight is 637 g/mol. The molecule has 0 spiro atoms. The van der Waals surface area contributed by atoms with Crippen molar-refractivity contribution in [3.05, 3.63) is 0 Å². The molecule has 42 heavy (non-hydrogen) atoms. The van der Waals surface area contributed by atoms with Crippen LogP contribution in [0.5, 0.6) is 0 Å². The zero-order valence-electron chi connectivity index (χ0n) is 26.1. The summed E-state index contributed by atoms with van der Waals surface area (Å²) in [5, 5.41) is 35.2. The van der Waals surface area contributed by atoms with Gasteiger partial charge in [-0.25, -0.2) is 4.57 Å². The molecular formula is C30H53O10PS. The SMILES string of the molecule is COP(=O)(O)O[C@@H]1[C@H]2C[C@@H]([C@@H](C)C(C)C)C[C@@H](C)[C@@H]2[C@@]2(C)CC[C@H]3[C@@H]([C@@H](O)[C@@H](O)C4[C@](O)(CS(=O)(=O)O)CC[C@@]43C)[C@H]12. The minimum atomic E-state index is -4.54. The number of aliphatic hydroxyl groups excluding tert-OH is 2. The molecule has 0 bridgehead atoms. The monoisotopic (exact) mass is 636 g/mol. The summed E-state index contributed by atoms with van der Waals surface area (Å²) in [7, 11) is -7.79. The minimum absolute atomic E-state index is 0.0285. The van der Waals surface area contributed by atoms with Crippen LogP contribution in [0.1, 0.15) is 80.1 Å². The van der Waals surface area contributed by atoms with Crippen LogP contribution in [0, 0.1) is 70.0 Å². The van der Waals surface area contributed by atoms with Gasteiger partial charge in [0.25, 0.3) is 10.1 Å². The first-order valence-electron chi connectivity index (χ1n) is 15.8. The van der Waals surface area contributed by atoms with E-state index in [1.165, 1.54) is 0 Å². The molecule has 0 saturated heterocycles. The number of hydrogen-bond acceptors (Lipinski definition) is 8. The maximum absolute atomic E-state index is 13.1. The van der Waals surface area contributed by atoms with Crippen molar-refractivity contribution in [1.29, 1.82) is 0 Å². The third-order valence-electron chi connectivity index (χ3n) is 13.5. The highest BCUT2D eigenvalue weighted by atomic mass is 32.2. The van der Waals surface area contributed by atoms with Crippen molar-refractivity contribution in [3.63, 3.8) is 0 Å². The van der Waals surface area contributed by atoms with Crippen LogP contribution in [0.4, 0.5) is 0 Å². The summed E-state index contributed by atoms with van der Waals surface area (Å²) in [6.07, 6.45) is 0.491. The number of phosphoric acid groups is 1. The van der Waals surface area contributed by atoms with Gasteiger partial charge in [-0.15, -0.1) is 0 Å². The fourth-order valence-corrected chi connectivity index (χ4v) is 13.5. The molecule has 2 unspecified atom stereocenters. The van der Waals surface area contributed by atoms with Crippen LogP contribution in [0.2, 0.25) is 0 Å². The van der Waals surface area contributed by atoms with E-state index < -0.39 is 64.9 Å². The van der Waals surface area contributed by atoms with Gasteiger partial charge in [-0.1, -0.05) is 41.5 Å². The van der Waals surface area contributed by atoms with E-state index in [9.17, 15) is 37.7 Å². The fourth-order valence-electron chi connectivity index (χ4n) is 11.9. The van der Waals surface area contributed by atoms with E-state index in [1.54, 1.807) is 0 Å². The summed E-state index contributed by atoms with van der Waals surface area (Å²) in [5.41, 5.74) is -2.92. The molecule has 5 aliphatic rings. The van der Waals surface area contributed by atoms with E-state index in [1.807, 2.05) is 6.92 Å². The van der Waals surface area contributed by atoms with Crippen molar-refractivity contribution in [1.82, 2.24) is 0 Å². The highest BCUT2D eigenvalue weighted by Gasteiger charge is 2.74. The standard InChI is InChI=1S/C30H53O10PS/c1-15(2)17(4)18-12-16(3)22-19(13-18)26(40-41(34,35)39-7)23-21-20(8-9-29(22,23)6)28(5)10-11-30(33,14-42(36,37)38)27(28)25(32)24(21)31/h15-27,31-33H,8-14H2,1-7H3,(H,34,35)(H,36,37,38)/t16-,17+,18+,19+,20+,21-,22+,23-,24-,25-,26-,27?,28-,29-,30-/m1/s1. The minimum Gasteiger partial charge on any atom is -0.390 e. The Labute approximate surface area is 251 Å². The molecule has 0 heterocycles. The lowest BCUT2D eigenvalue weighted by Gasteiger charge is -2.62. The molecule has 0 aromatic rings. The first-order valence-corrected chi connectivity index (χ1v) is 18.9. The van der Waals surface area contributed by atoms with Gasteiger partial charge in [0.2, 0.25) is 0 Å².